The number of benzene rings is 2. The fraction of sp³-hybridized carbons (Fsp3) is 0.308. The average molecular weight is 528 g/mol. The summed E-state index contributed by atoms with van der Waals surface area (Å²) in [5, 5.41) is 15.9. The largest absolute Gasteiger partial charge is 0.419 e. The molecule has 2 aromatic carbocycles. The number of pyridine rings is 1. The summed E-state index contributed by atoms with van der Waals surface area (Å²) in [6.45, 7) is 4.66. The standard InChI is InChI=1S/C26H25F4N7O/c1-16(2)23-14-36(25(38)34-17-8-9-20(27)19(13-17)26(28,29)30)11-12-37(23)24(33-15-31)35-22-7-3-6-21-18(22)5-4-10-32-21/h3-10,13,16,23H,11-12,14H2,1-2H3,(H,33,35)(H,34,38). The molecule has 1 unspecified atom stereocenters. The number of aliphatic imine (C=N–C) groups is 1. The highest BCUT2D eigenvalue weighted by Gasteiger charge is 2.36. The monoisotopic (exact) mass is 527 g/mol. The maximum Gasteiger partial charge on any atom is 0.419 e. The number of fused-ring (bicyclic) bond motifs is 1. The van der Waals surface area contributed by atoms with E-state index in [2.05, 4.69) is 20.6 Å². The molecule has 2 N–H and O–H groups in total. The van der Waals surface area contributed by atoms with E-state index in [1.165, 1.54) is 4.90 Å². The Morgan fingerprint density at radius 3 is 2.66 bits per heavy atom. The molecule has 4 rings (SSSR count). The first-order valence-electron chi connectivity index (χ1n) is 11.9. The highest BCUT2D eigenvalue weighted by atomic mass is 19.4. The van der Waals surface area contributed by atoms with Gasteiger partial charge in [0.1, 0.15) is 5.82 Å². The zero-order chi connectivity index (χ0) is 27.4. The SMILES string of the molecule is CC(C)C1CN(C(=O)Nc2ccc(F)c(C(F)(F)F)c2)CCN1/C(=N\C#N)Nc1cccc2ncccc12. The molecule has 198 valence electrons. The Labute approximate surface area is 216 Å². The second-order valence-corrected chi connectivity index (χ2v) is 9.11. The summed E-state index contributed by atoms with van der Waals surface area (Å²) in [5.74, 6) is -1.08. The fourth-order valence-corrected chi connectivity index (χ4v) is 4.39. The number of anilines is 2. The molecule has 38 heavy (non-hydrogen) atoms. The zero-order valence-corrected chi connectivity index (χ0v) is 20.6. The second-order valence-electron chi connectivity index (χ2n) is 9.11. The summed E-state index contributed by atoms with van der Waals surface area (Å²) in [6.07, 6.45) is -1.37. The van der Waals surface area contributed by atoms with Crippen LogP contribution >= 0.6 is 0 Å². The van der Waals surface area contributed by atoms with Crippen molar-refractivity contribution in [2.24, 2.45) is 10.9 Å². The van der Waals surface area contributed by atoms with Crippen molar-refractivity contribution in [3.8, 4) is 6.19 Å². The third kappa shape index (κ3) is 5.77. The number of aromatic nitrogens is 1. The molecule has 12 heteroatoms. The predicted octanol–water partition coefficient (Wildman–Crippen LogP) is 5.52. The molecular formula is C26H25F4N7O. The van der Waals surface area contributed by atoms with Crippen LogP contribution in [-0.4, -0.2) is 52.5 Å². The van der Waals surface area contributed by atoms with E-state index in [4.69, 9.17) is 0 Å². The highest BCUT2D eigenvalue weighted by Crippen LogP contribution is 2.33. The number of hydrogen-bond donors (Lipinski definition) is 2. The van der Waals surface area contributed by atoms with E-state index in [1.807, 2.05) is 55.3 Å². The van der Waals surface area contributed by atoms with Crippen molar-refractivity contribution in [1.82, 2.24) is 14.8 Å². The fourth-order valence-electron chi connectivity index (χ4n) is 4.39. The molecule has 0 aliphatic carbocycles. The minimum atomic E-state index is -4.89. The molecule has 2 heterocycles. The number of rotatable bonds is 3. The van der Waals surface area contributed by atoms with Gasteiger partial charge in [-0.15, -0.1) is 4.99 Å². The van der Waals surface area contributed by atoms with Gasteiger partial charge in [0, 0.05) is 36.9 Å². The van der Waals surface area contributed by atoms with Gasteiger partial charge in [0.25, 0.3) is 0 Å². The van der Waals surface area contributed by atoms with Crippen LogP contribution in [0.1, 0.15) is 19.4 Å². The maximum atomic E-state index is 13.6. The third-order valence-corrected chi connectivity index (χ3v) is 6.32. The van der Waals surface area contributed by atoms with E-state index in [9.17, 15) is 27.6 Å². The van der Waals surface area contributed by atoms with Crippen LogP contribution in [0, 0.1) is 23.2 Å². The number of alkyl halides is 3. The molecule has 1 saturated heterocycles. The van der Waals surface area contributed by atoms with E-state index in [0.717, 1.165) is 17.0 Å². The van der Waals surface area contributed by atoms with Crippen molar-refractivity contribution in [2.75, 3.05) is 30.3 Å². The lowest BCUT2D eigenvalue weighted by Gasteiger charge is -2.44. The number of hydrogen-bond acceptors (Lipinski definition) is 4. The van der Waals surface area contributed by atoms with Gasteiger partial charge in [0.15, 0.2) is 0 Å². The molecule has 3 aromatic rings. The van der Waals surface area contributed by atoms with Gasteiger partial charge < -0.3 is 20.4 Å². The number of halogens is 4. The van der Waals surface area contributed by atoms with E-state index < -0.39 is 23.6 Å². The third-order valence-electron chi connectivity index (χ3n) is 6.32. The lowest BCUT2D eigenvalue weighted by molar-refractivity contribution is -0.139. The summed E-state index contributed by atoms with van der Waals surface area (Å²) in [5.41, 5.74) is -0.133. The van der Waals surface area contributed by atoms with Crippen LogP contribution in [0.2, 0.25) is 0 Å². The Hall–Kier alpha value is -4.40. The van der Waals surface area contributed by atoms with E-state index in [1.54, 1.807) is 6.20 Å². The van der Waals surface area contributed by atoms with Crippen LogP contribution < -0.4 is 10.6 Å². The number of piperazine rings is 1. The number of amides is 2. The quantitative estimate of drug-likeness (QED) is 0.203. The summed E-state index contributed by atoms with van der Waals surface area (Å²) in [7, 11) is 0. The van der Waals surface area contributed by atoms with Crippen molar-refractivity contribution < 1.29 is 22.4 Å². The van der Waals surface area contributed by atoms with Crippen LogP contribution in [0.15, 0.2) is 59.7 Å². The molecule has 1 aromatic heterocycles. The topological polar surface area (TPSA) is 96.7 Å². The summed E-state index contributed by atoms with van der Waals surface area (Å²) < 4.78 is 52.8. The zero-order valence-electron chi connectivity index (χ0n) is 20.6. The van der Waals surface area contributed by atoms with E-state index >= 15 is 0 Å². The van der Waals surface area contributed by atoms with Gasteiger partial charge in [0.05, 0.1) is 22.8 Å². The first-order chi connectivity index (χ1) is 18.1. The number of nitrogens with one attached hydrogen (secondary N) is 2. The van der Waals surface area contributed by atoms with Crippen LogP contribution in [-0.2, 0) is 6.18 Å². The predicted molar refractivity (Wildman–Crippen MR) is 136 cm³/mol. The molecule has 1 atom stereocenters. The number of carbonyl (C=O) groups is 1. The van der Waals surface area contributed by atoms with Crippen molar-refractivity contribution in [2.45, 2.75) is 26.1 Å². The molecule has 8 nitrogen and oxygen atoms in total. The van der Waals surface area contributed by atoms with Crippen LogP contribution in [0.3, 0.4) is 0 Å². The maximum absolute atomic E-state index is 13.6. The minimum Gasteiger partial charge on any atom is -0.335 e. The smallest absolute Gasteiger partial charge is 0.335 e. The Balaban J connectivity index is 1.52. The number of urea groups is 1. The number of nitrogens with zero attached hydrogens (tertiary/aromatic N) is 5. The van der Waals surface area contributed by atoms with Gasteiger partial charge in [0.2, 0.25) is 12.2 Å². The average Bonchev–Trinajstić information content (AvgIpc) is 2.88. The first kappa shape index (κ1) is 26.7. The van der Waals surface area contributed by atoms with Gasteiger partial charge >= 0.3 is 12.2 Å². The molecule has 0 saturated carbocycles. The highest BCUT2D eigenvalue weighted by molar-refractivity contribution is 6.02. The Kier molecular flexibility index (Phi) is 7.66. The van der Waals surface area contributed by atoms with Crippen LogP contribution in [0.5, 0.6) is 0 Å². The van der Waals surface area contributed by atoms with E-state index in [-0.39, 0.29) is 30.7 Å². The van der Waals surface area contributed by atoms with Crippen molar-refractivity contribution in [3.05, 3.63) is 66.1 Å². The summed E-state index contributed by atoms with van der Waals surface area (Å²) in [4.78, 5) is 24.7. The molecule has 1 fully saturated rings. The van der Waals surface area contributed by atoms with E-state index in [0.29, 0.717) is 30.3 Å². The van der Waals surface area contributed by atoms with Gasteiger partial charge in [-0.25, -0.2) is 9.18 Å². The Morgan fingerprint density at radius 2 is 1.95 bits per heavy atom. The molecule has 0 spiro atoms. The van der Waals surface area contributed by atoms with Gasteiger partial charge in [-0.2, -0.15) is 18.4 Å². The number of nitriles is 1. The van der Waals surface area contributed by atoms with Crippen molar-refractivity contribution >= 4 is 34.3 Å². The first-order valence-corrected chi connectivity index (χ1v) is 11.9. The minimum absolute atomic E-state index is 0.0214. The number of guanidine groups is 1. The summed E-state index contributed by atoms with van der Waals surface area (Å²) >= 11 is 0. The van der Waals surface area contributed by atoms with Crippen LogP contribution in [0.25, 0.3) is 10.9 Å². The summed E-state index contributed by atoms with van der Waals surface area (Å²) in [6, 6.07) is 10.7. The Bertz CT molecular complexity index is 1400. The van der Waals surface area contributed by atoms with Crippen molar-refractivity contribution in [3.63, 3.8) is 0 Å². The number of carbonyl (C=O) groups excluding carboxylic acids is 1. The molecule has 0 bridgehead atoms. The van der Waals surface area contributed by atoms with Gasteiger partial charge in [-0.1, -0.05) is 19.9 Å². The lowest BCUT2D eigenvalue weighted by atomic mass is 10.00. The second kappa shape index (κ2) is 10.9. The lowest BCUT2D eigenvalue weighted by Crippen LogP contribution is -2.60. The molecule has 1 aliphatic rings. The van der Waals surface area contributed by atoms with Gasteiger partial charge in [-0.3, -0.25) is 4.98 Å². The molecular weight excluding hydrogens is 502 g/mol. The molecule has 1 aliphatic heterocycles. The normalized spacial score (nSPS) is 16.5. The Morgan fingerprint density at radius 1 is 1.16 bits per heavy atom. The molecule has 2 amide bonds. The van der Waals surface area contributed by atoms with Gasteiger partial charge in [-0.05, 0) is 48.4 Å². The van der Waals surface area contributed by atoms with Crippen LogP contribution in [0.4, 0.5) is 33.7 Å². The van der Waals surface area contributed by atoms with Crippen molar-refractivity contribution in [1.29, 1.82) is 5.26 Å². The molecule has 0 radical (unpaired) electrons.